The van der Waals surface area contributed by atoms with E-state index >= 15 is 0 Å². The molecule has 3 nitrogen and oxygen atoms in total. The number of halogens is 3. The summed E-state index contributed by atoms with van der Waals surface area (Å²) in [7, 11) is 0. The highest BCUT2D eigenvalue weighted by atomic mass is 19.4. The number of hydrogen-bond donors (Lipinski definition) is 1. The van der Waals surface area contributed by atoms with Gasteiger partial charge in [-0.15, -0.1) is 0 Å². The number of carbonyl (C=O) groups is 1. The summed E-state index contributed by atoms with van der Waals surface area (Å²) in [5, 5.41) is 0. The average Bonchev–Trinajstić information content (AvgIpc) is 2.95. The number of fused-ring (bicyclic) bond motifs is 1. The molecule has 1 amide bonds. The van der Waals surface area contributed by atoms with Crippen molar-refractivity contribution in [1.29, 1.82) is 0 Å². The van der Waals surface area contributed by atoms with Crippen molar-refractivity contribution >= 4 is 5.91 Å². The van der Waals surface area contributed by atoms with Crippen molar-refractivity contribution < 1.29 is 18.0 Å². The molecule has 1 aromatic rings. The fourth-order valence-corrected chi connectivity index (χ4v) is 4.30. The number of benzene rings is 1. The van der Waals surface area contributed by atoms with E-state index in [1.807, 2.05) is 13.8 Å². The van der Waals surface area contributed by atoms with Crippen molar-refractivity contribution in [2.24, 2.45) is 17.1 Å². The zero-order chi connectivity index (χ0) is 18.4. The average molecular weight is 354 g/mol. The van der Waals surface area contributed by atoms with Gasteiger partial charge in [0.25, 0.3) is 0 Å². The number of carbonyl (C=O) groups excluding carboxylic acids is 1. The number of nitrogens with two attached hydrogens (primary N) is 1. The molecule has 138 valence electrons. The Hall–Kier alpha value is -1.56. The van der Waals surface area contributed by atoms with E-state index in [1.54, 1.807) is 11.0 Å². The second kappa shape index (κ2) is 6.31. The maximum absolute atomic E-state index is 13.2. The van der Waals surface area contributed by atoms with Gasteiger partial charge in [0.05, 0.1) is 11.0 Å². The van der Waals surface area contributed by atoms with Crippen LogP contribution in [0.3, 0.4) is 0 Å². The van der Waals surface area contributed by atoms with Gasteiger partial charge < -0.3 is 10.6 Å². The van der Waals surface area contributed by atoms with Crippen LogP contribution >= 0.6 is 0 Å². The highest BCUT2D eigenvalue weighted by molar-refractivity contribution is 5.83. The van der Waals surface area contributed by atoms with E-state index in [9.17, 15) is 18.0 Å². The van der Waals surface area contributed by atoms with Gasteiger partial charge in [-0.3, -0.25) is 4.79 Å². The SMILES string of the molecule is CC(C)[C@]1(C(=O)N2CCc3ccc(C(F)(F)F)cc3C2)CCC(N)C1. The van der Waals surface area contributed by atoms with E-state index in [-0.39, 0.29) is 24.4 Å². The van der Waals surface area contributed by atoms with Gasteiger partial charge in [-0.05, 0) is 54.9 Å². The lowest BCUT2D eigenvalue weighted by Gasteiger charge is -2.39. The molecule has 0 bridgehead atoms. The van der Waals surface area contributed by atoms with Crippen molar-refractivity contribution in [2.45, 2.75) is 58.3 Å². The van der Waals surface area contributed by atoms with Gasteiger partial charge in [0, 0.05) is 19.1 Å². The summed E-state index contributed by atoms with van der Waals surface area (Å²) in [6, 6.07) is 3.89. The van der Waals surface area contributed by atoms with E-state index in [1.165, 1.54) is 6.07 Å². The maximum Gasteiger partial charge on any atom is 0.416 e. The highest BCUT2D eigenvalue weighted by Crippen LogP contribution is 2.46. The molecule has 0 saturated heterocycles. The Bertz CT molecular complexity index is 671. The lowest BCUT2D eigenvalue weighted by atomic mass is 9.74. The van der Waals surface area contributed by atoms with Crippen LogP contribution in [-0.2, 0) is 23.9 Å². The molecule has 2 N–H and O–H groups in total. The van der Waals surface area contributed by atoms with Crippen molar-refractivity contribution in [3.05, 3.63) is 34.9 Å². The van der Waals surface area contributed by atoms with Gasteiger partial charge in [0.15, 0.2) is 0 Å². The molecule has 1 unspecified atom stereocenters. The Morgan fingerprint density at radius 2 is 2.04 bits per heavy atom. The lowest BCUT2D eigenvalue weighted by Crippen LogP contribution is -2.48. The van der Waals surface area contributed by atoms with Crippen molar-refractivity contribution in [2.75, 3.05) is 6.54 Å². The first-order valence-corrected chi connectivity index (χ1v) is 8.87. The van der Waals surface area contributed by atoms with Gasteiger partial charge in [-0.1, -0.05) is 19.9 Å². The molecule has 1 aromatic carbocycles. The summed E-state index contributed by atoms with van der Waals surface area (Å²) in [5.41, 5.74) is 6.45. The van der Waals surface area contributed by atoms with Crippen LogP contribution in [0, 0.1) is 11.3 Å². The summed E-state index contributed by atoms with van der Waals surface area (Å²) in [6.07, 6.45) is -1.52. The molecule has 0 radical (unpaired) electrons. The minimum atomic E-state index is -4.36. The van der Waals surface area contributed by atoms with E-state index in [4.69, 9.17) is 5.73 Å². The monoisotopic (exact) mass is 354 g/mol. The van der Waals surface area contributed by atoms with Crippen LogP contribution in [-0.4, -0.2) is 23.4 Å². The molecule has 1 fully saturated rings. The molecule has 6 heteroatoms. The largest absolute Gasteiger partial charge is 0.416 e. The summed E-state index contributed by atoms with van der Waals surface area (Å²) < 4.78 is 38.9. The van der Waals surface area contributed by atoms with E-state index < -0.39 is 17.2 Å². The van der Waals surface area contributed by atoms with Crippen molar-refractivity contribution in [3.8, 4) is 0 Å². The smallest absolute Gasteiger partial charge is 0.338 e. The third kappa shape index (κ3) is 3.28. The first-order valence-electron chi connectivity index (χ1n) is 8.87. The predicted molar refractivity (Wildman–Crippen MR) is 89.7 cm³/mol. The molecular weight excluding hydrogens is 329 g/mol. The Morgan fingerprint density at radius 3 is 2.60 bits per heavy atom. The molecule has 1 saturated carbocycles. The van der Waals surface area contributed by atoms with Gasteiger partial charge in [0.2, 0.25) is 5.91 Å². The number of amides is 1. The Morgan fingerprint density at radius 1 is 1.32 bits per heavy atom. The molecule has 1 aliphatic heterocycles. The second-order valence-corrected chi connectivity index (χ2v) is 7.77. The zero-order valence-corrected chi connectivity index (χ0v) is 14.7. The Balaban J connectivity index is 1.85. The number of hydrogen-bond acceptors (Lipinski definition) is 2. The van der Waals surface area contributed by atoms with Crippen LogP contribution < -0.4 is 5.73 Å². The van der Waals surface area contributed by atoms with Crippen molar-refractivity contribution in [1.82, 2.24) is 4.90 Å². The third-order valence-electron chi connectivity index (χ3n) is 5.95. The maximum atomic E-state index is 13.2. The minimum absolute atomic E-state index is 0.0280. The Kier molecular flexibility index (Phi) is 4.60. The summed E-state index contributed by atoms with van der Waals surface area (Å²) >= 11 is 0. The molecule has 1 aliphatic carbocycles. The van der Waals surface area contributed by atoms with E-state index in [2.05, 4.69) is 0 Å². The standard InChI is InChI=1S/C19H25F3N2O/c1-12(2)18(7-5-16(23)10-18)17(25)24-8-6-13-3-4-15(19(20,21)22)9-14(13)11-24/h3-4,9,12,16H,5-8,10-11,23H2,1-2H3/t16?,18-/m0/s1. The fraction of sp³-hybridized carbons (Fsp3) is 0.632. The van der Waals surface area contributed by atoms with Crippen LogP contribution in [0.5, 0.6) is 0 Å². The molecule has 0 aromatic heterocycles. The van der Waals surface area contributed by atoms with Gasteiger partial charge in [0.1, 0.15) is 0 Å². The number of nitrogens with zero attached hydrogens (tertiary/aromatic N) is 1. The van der Waals surface area contributed by atoms with Crippen LogP contribution in [0.25, 0.3) is 0 Å². The highest BCUT2D eigenvalue weighted by Gasteiger charge is 2.48. The molecule has 3 rings (SSSR count). The van der Waals surface area contributed by atoms with Gasteiger partial charge in [-0.25, -0.2) is 0 Å². The molecular formula is C19H25F3N2O. The number of rotatable bonds is 2. The quantitative estimate of drug-likeness (QED) is 0.879. The van der Waals surface area contributed by atoms with Gasteiger partial charge >= 0.3 is 6.18 Å². The van der Waals surface area contributed by atoms with Crippen molar-refractivity contribution in [3.63, 3.8) is 0 Å². The van der Waals surface area contributed by atoms with Crippen LogP contribution in [0.1, 0.15) is 49.8 Å². The first kappa shape index (κ1) is 18.2. The Labute approximate surface area is 146 Å². The van der Waals surface area contributed by atoms with Crippen LogP contribution in [0.15, 0.2) is 18.2 Å². The fourth-order valence-electron chi connectivity index (χ4n) is 4.30. The zero-order valence-electron chi connectivity index (χ0n) is 14.7. The van der Waals surface area contributed by atoms with Crippen LogP contribution in [0.4, 0.5) is 13.2 Å². The van der Waals surface area contributed by atoms with Crippen LogP contribution in [0.2, 0.25) is 0 Å². The summed E-state index contributed by atoms with van der Waals surface area (Å²) in [5.74, 6) is 0.218. The topological polar surface area (TPSA) is 46.3 Å². The summed E-state index contributed by atoms with van der Waals surface area (Å²) in [6.45, 7) is 4.88. The normalized spacial score (nSPS) is 26.8. The second-order valence-electron chi connectivity index (χ2n) is 7.77. The predicted octanol–water partition coefficient (Wildman–Crippen LogP) is 3.74. The minimum Gasteiger partial charge on any atom is -0.338 e. The molecule has 1 heterocycles. The van der Waals surface area contributed by atoms with Gasteiger partial charge in [-0.2, -0.15) is 13.2 Å². The van der Waals surface area contributed by atoms with E-state index in [0.717, 1.165) is 24.5 Å². The lowest BCUT2D eigenvalue weighted by molar-refractivity contribution is -0.145. The molecule has 2 atom stereocenters. The summed E-state index contributed by atoms with van der Waals surface area (Å²) in [4.78, 5) is 15.0. The number of alkyl halides is 3. The molecule has 2 aliphatic rings. The molecule has 25 heavy (non-hydrogen) atoms. The van der Waals surface area contributed by atoms with E-state index in [0.29, 0.717) is 24.9 Å². The molecule has 0 spiro atoms. The first-order chi connectivity index (χ1) is 11.6. The third-order valence-corrected chi connectivity index (χ3v) is 5.95.